The van der Waals surface area contributed by atoms with E-state index in [2.05, 4.69) is 10.6 Å². The maximum absolute atomic E-state index is 11.6. The summed E-state index contributed by atoms with van der Waals surface area (Å²) in [4.78, 5) is 22.6. The highest BCUT2D eigenvalue weighted by Gasteiger charge is 2.26. The molecule has 1 saturated heterocycles. The summed E-state index contributed by atoms with van der Waals surface area (Å²) in [6.45, 7) is 0. The van der Waals surface area contributed by atoms with Crippen molar-refractivity contribution >= 4 is 29.1 Å². The van der Waals surface area contributed by atoms with Crippen LogP contribution >= 0.6 is 11.6 Å². The van der Waals surface area contributed by atoms with Gasteiger partial charge in [-0.05, 0) is 18.6 Å². The van der Waals surface area contributed by atoms with Crippen LogP contribution in [-0.4, -0.2) is 25.0 Å². The molecule has 1 heterocycles. The van der Waals surface area contributed by atoms with Crippen molar-refractivity contribution < 1.29 is 14.3 Å². The fourth-order valence-corrected chi connectivity index (χ4v) is 1.93. The average Bonchev–Trinajstić information content (AvgIpc) is 2.35. The zero-order valence-electron chi connectivity index (χ0n) is 9.83. The Morgan fingerprint density at radius 2 is 2.22 bits per heavy atom. The molecule has 0 bridgehead atoms. The van der Waals surface area contributed by atoms with Gasteiger partial charge in [-0.1, -0.05) is 11.6 Å². The highest BCUT2D eigenvalue weighted by Crippen LogP contribution is 2.28. The molecule has 1 aromatic carbocycles. The van der Waals surface area contributed by atoms with E-state index in [-0.39, 0.29) is 11.8 Å². The summed E-state index contributed by atoms with van der Waals surface area (Å²) >= 11 is 6.03. The molecule has 1 unspecified atom stereocenters. The summed E-state index contributed by atoms with van der Waals surface area (Å²) < 4.78 is 5.09. The fraction of sp³-hybridized carbons (Fsp3) is 0.333. The number of ether oxygens (including phenoxy) is 1. The Labute approximate surface area is 109 Å². The molecule has 0 saturated carbocycles. The molecule has 1 atom stereocenters. The summed E-state index contributed by atoms with van der Waals surface area (Å²) in [7, 11) is 1.55. The van der Waals surface area contributed by atoms with Gasteiger partial charge in [0.15, 0.2) is 0 Å². The molecule has 96 valence electrons. The van der Waals surface area contributed by atoms with Gasteiger partial charge >= 0.3 is 0 Å². The van der Waals surface area contributed by atoms with Crippen LogP contribution in [-0.2, 0) is 9.59 Å². The third-order valence-corrected chi connectivity index (χ3v) is 3.07. The monoisotopic (exact) mass is 268 g/mol. The Kier molecular flexibility index (Phi) is 3.72. The average molecular weight is 269 g/mol. The molecule has 18 heavy (non-hydrogen) atoms. The Hall–Kier alpha value is -1.75. The number of carbonyl (C=O) groups is 2. The van der Waals surface area contributed by atoms with Gasteiger partial charge in [-0.15, -0.1) is 0 Å². The van der Waals surface area contributed by atoms with E-state index in [0.717, 1.165) is 0 Å². The van der Waals surface area contributed by atoms with Gasteiger partial charge in [-0.25, -0.2) is 0 Å². The predicted octanol–water partition coefficient (Wildman–Crippen LogP) is 1.57. The number of hydrogen-bond acceptors (Lipinski definition) is 4. The van der Waals surface area contributed by atoms with E-state index in [4.69, 9.17) is 16.3 Å². The van der Waals surface area contributed by atoms with Gasteiger partial charge in [0, 0.05) is 12.5 Å². The molecule has 0 radical (unpaired) electrons. The minimum absolute atomic E-state index is 0.241. The normalized spacial score (nSPS) is 19.3. The molecule has 2 amide bonds. The number of halogens is 1. The summed E-state index contributed by atoms with van der Waals surface area (Å²) in [5.74, 6) is 0.0779. The summed E-state index contributed by atoms with van der Waals surface area (Å²) in [5, 5.41) is 5.80. The molecule has 2 rings (SSSR count). The fourth-order valence-electron chi connectivity index (χ4n) is 1.76. The van der Waals surface area contributed by atoms with Crippen LogP contribution in [0.5, 0.6) is 5.75 Å². The van der Waals surface area contributed by atoms with Gasteiger partial charge in [0.25, 0.3) is 0 Å². The topological polar surface area (TPSA) is 67.4 Å². The Balaban J connectivity index is 2.13. The van der Waals surface area contributed by atoms with Gasteiger partial charge in [-0.3, -0.25) is 14.9 Å². The highest BCUT2D eigenvalue weighted by atomic mass is 35.5. The van der Waals surface area contributed by atoms with Crippen LogP contribution < -0.4 is 15.4 Å². The summed E-state index contributed by atoms with van der Waals surface area (Å²) in [6, 6.07) is 4.69. The maximum Gasteiger partial charge on any atom is 0.249 e. The smallest absolute Gasteiger partial charge is 0.249 e. The zero-order valence-corrected chi connectivity index (χ0v) is 10.6. The van der Waals surface area contributed by atoms with Crippen LogP contribution in [0.15, 0.2) is 18.2 Å². The molecule has 5 nitrogen and oxygen atoms in total. The van der Waals surface area contributed by atoms with Crippen molar-refractivity contribution in [2.45, 2.75) is 18.9 Å². The largest absolute Gasteiger partial charge is 0.497 e. The first-order valence-electron chi connectivity index (χ1n) is 5.54. The molecule has 0 spiro atoms. The number of methoxy groups -OCH3 is 1. The van der Waals surface area contributed by atoms with Crippen molar-refractivity contribution in [3.05, 3.63) is 23.2 Å². The van der Waals surface area contributed by atoms with Gasteiger partial charge in [-0.2, -0.15) is 0 Å². The van der Waals surface area contributed by atoms with E-state index in [1.165, 1.54) is 0 Å². The first-order chi connectivity index (χ1) is 8.60. The van der Waals surface area contributed by atoms with E-state index in [1.807, 2.05) is 0 Å². The van der Waals surface area contributed by atoms with Crippen LogP contribution in [0.4, 0.5) is 5.69 Å². The van der Waals surface area contributed by atoms with E-state index in [1.54, 1.807) is 25.3 Å². The van der Waals surface area contributed by atoms with Crippen molar-refractivity contribution in [1.82, 2.24) is 5.32 Å². The third kappa shape index (κ3) is 2.73. The molecule has 2 N–H and O–H groups in total. The van der Waals surface area contributed by atoms with E-state index < -0.39 is 6.04 Å². The lowest BCUT2D eigenvalue weighted by molar-refractivity contribution is -0.133. The minimum Gasteiger partial charge on any atom is -0.497 e. The van der Waals surface area contributed by atoms with Crippen molar-refractivity contribution in [1.29, 1.82) is 0 Å². The first-order valence-corrected chi connectivity index (χ1v) is 5.91. The third-order valence-electron chi connectivity index (χ3n) is 2.74. The van der Waals surface area contributed by atoms with E-state index >= 15 is 0 Å². The summed E-state index contributed by atoms with van der Waals surface area (Å²) in [5.41, 5.74) is 0.616. The SMILES string of the molecule is COc1ccc(Cl)c(NC2CCC(=O)NC2=O)c1. The standard InChI is InChI=1S/C12H13ClN2O3/c1-18-7-2-3-8(13)10(6-7)14-9-4-5-11(16)15-12(9)17/h2-3,6,9,14H,4-5H2,1H3,(H,15,16,17). The quantitative estimate of drug-likeness (QED) is 0.817. The number of anilines is 1. The Morgan fingerprint density at radius 1 is 1.44 bits per heavy atom. The molecule has 1 aliphatic rings. The number of carbonyl (C=O) groups excluding carboxylic acids is 2. The number of imide groups is 1. The van der Waals surface area contributed by atoms with Crippen molar-refractivity contribution in [2.24, 2.45) is 0 Å². The second-order valence-corrected chi connectivity index (χ2v) is 4.40. The van der Waals surface area contributed by atoms with Crippen molar-refractivity contribution in [2.75, 3.05) is 12.4 Å². The molecular formula is C12H13ClN2O3. The first kappa shape index (κ1) is 12.7. The second kappa shape index (κ2) is 5.27. The number of hydrogen-bond donors (Lipinski definition) is 2. The van der Waals surface area contributed by atoms with Crippen molar-refractivity contribution in [3.8, 4) is 5.75 Å². The lowest BCUT2D eigenvalue weighted by Gasteiger charge is -2.23. The molecule has 6 heteroatoms. The Morgan fingerprint density at radius 3 is 2.89 bits per heavy atom. The number of rotatable bonds is 3. The minimum atomic E-state index is -0.452. The van der Waals surface area contributed by atoms with Gasteiger partial charge < -0.3 is 10.1 Å². The molecule has 1 aromatic rings. The molecule has 1 fully saturated rings. The molecule has 1 aliphatic heterocycles. The van der Waals surface area contributed by atoms with E-state index in [0.29, 0.717) is 29.3 Å². The van der Waals surface area contributed by atoms with Crippen molar-refractivity contribution in [3.63, 3.8) is 0 Å². The lowest BCUT2D eigenvalue weighted by atomic mass is 10.1. The van der Waals surface area contributed by atoms with Crippen LogP contribution in [0.1, 0.15) is 12.8 Å². The number of piperidine rings is 1. The maximum atomic E-state index is 11.6. The predicted molar refractivity (Wildman–Crippen MR) is 67.8 cm³/mol. The highest BCUT2D eigenvalue weighted by molar-refractivity contribution is 6.33. The zero-order chi connectivity index (χ0) is 13.1. The summed E-state index contributed by atoms with van der Waals surface area (Å²) in [6.07, 6.45) is 0.781. The number of amides is 2. The second-order valence-electron chi connectivity index (χ2n) is 3.99. The van der Waals surface area contributed by atoms with Crippen LogP contribution in [0, 0.1) is 0 Å². The molecule has 0 aliphatic carbocycles. The van der Waals surface area contributed by atoms with Crippen LogP contribution in [0.25, 0.3) is 0 Å². The van der Waals surface area contributed by atoms with Crippen LogP contribution in [0.3, 0.4) is 0 Å². The number of benzene rings is 1. The Bertz CT molecular complexity index is 490. The lowest BCUT2D eigenvalue weighted by Crippen LogP contribution is -2.47. The molecule has 0 aromatic heterocycles. The van der Waals surface area contributed by atoms with Crippen LogP contribution in [0.2, 0.25) is 5.02 Å². The van der Waals surface area contributed by atoms with Gasteiger partial charge in [0.2, 0.25) is 11.8 Å². The van der Waals surface area contributed by atoms with E-state index in [9.17, 15) is 9.59 Å². The van der Waals surface area contributed by atoms with Gasteiger partial charge in [0.05, 0.1) is 17.8 Å². The molecular weight excluding hydrogens is 256 g/mol. The van der Waals surface area contributed by atoms with Gasteiger partial charge in [0.1, 0.15) is 11.8 Å². The number of nitrogens with one attached hydrogen (secondary N) is 2.